The average molecular weight is 443 g/mol. The van der Waals surface area contributed by atoms with E-state index in [4.69, 9.17) is 14.5 Å². The second-order valence-corrected chi connectivity index (χ2v) is 9.34. The van der Waals surface area contributed by atoms with Gasteiger partial charge in [0.05, 0.1) is 16.4 Å². The number of rotatable bonds is 6. The number of amides is 1. The molecule has 1 fully saturated rings. The van der Waals surface area contributed by atoms with Crippen molar-refractivity contribution in [3.63, 3.8) is 0 Å². The summed E-state index contributed by atoms with van der Waals surface area (Å²) in [5, 5.41) is 3.13. The summed E-state index contributed by atoms with van der Waals surface area (Å²) < 4.78 is 11.6. The molecule has 6 nitrogen and oxygen atoms in total. The summed E-state index contributed by atoms with van der Waals surface area (Å²) in [7, 11) is 0. The molecule has 1 amide bonds. The van der Waals surface area contributed by atoms with Crippen molar-refractivity contribution >= 4 is 28.9 Å². The first-order valence-corrected chi connectivity index (χ1v) is 12.1. The molecule has 2 aromatic rings. The molecule has 0 radical (unpaired) electrons. The molecular weight excluding hydrogens is 412 g/mol. The van der Waals surface area contributed by atoms with Gasteiger partial charge in [-0.3, -0.25) is 9.69 Å². The van der Waals surface area contributed by atoms with Crippen molar-refractivity contribution in [3.8, 4) is 17.0 Å². The van der Waals surface area contributed by atoms with Gasteiger partial charge in [0.2, 0.25) is 0 Å². The quantitative estimate of drug-likeness (QED) is 0.579. The van der Waals surface area contributed by atoms with Crippen molar-refractivity contribution in [2.45, 2.75) is 84.0 Å². The van der Waals surface area contributed by atoms with Crippen LogP contribution in [0.25, 0.3) is 11.3 Å². The van der Waals surface area contributed by atoms with E-state index in [-0.39, 0.29) is 18.0 Å². The third kappa shape index (κ3) is 4.61. The number of carbonyl (C=O) groups excluding carboxylic acids is 2. The second kappa shape index (κ2) is 9.39. The van der Waals surface area contributed by atoms with Gasteiger partial charge in [0.1, 0.15) is 17.9 Å². The Balaban J connectivity index is 1.61. The van der Waals surface area contributed by atoms with Crippen molar-refractivity contribution in [1.29, 1.82) is 0 Å². The maximum Gasteiger partial charge on any atom is 0.329 e. The van der Waals surface area contributed by atoms with Crippen LogP contribution in [0.4, 0.5) is 5.69 Å². The van der Waals surface area contributed by atoms with Crippen LogP contribution in [0.1, 0.15) is 64.3 Å². The zero-order valence-electron chi connectivity index (χ0n) is 18.4. The molecule has 7 heteroatoms. The first-order chi connectivity index (χ1) is 15.0. The highest BCUT2D eigenvalue weighted by Gasteiger charge is 2.38. The Kier molecular flexibility index (Phi) is 6.60. The number of aromatic nitrogens is 1. The van der Waals surface area contributed by atoms with E-state index in [2.05, 4.69) is 6.92 Å². The van der Waals surface area contributed by atoms with Gasteiger partial charge in [0.25, 0.3) is 5.91 Å². The molecule has 1 aromatic carbocycles. The van der Waals surface area contributed by atoms with Crippen LogP contribution in [0.5, 0.6) is 5.75 Å². The third-order valence-electron chi connectivity index (χ3n) is 5.98. The van der Waals surface area contributed by atoms with E-state index in [1.54, 1.807) is 25.2 Å². The van der Waals surface area contributed by atoms with E-state index >= 15 is 0 Å². The zero-order chi connectivity index (χ0) is 22.0. The fourth-order valence-corrected chi connectivity index (χ4v) is 5.15. The lowest BCUT2D eigenvalue weighted by Gasteiger charge is -2.36. The number of ether oxygens (including phenoxy) is 2. The Bertz CT molecular complexity index is 951. The first-order valence-electron chi connectivity index (χ1n) is 11.3. The van der Waals surface area contributed by atoms with Crippen LogP contribution in [-0.2, 0) is 20.7 Å². The number of thiazole rings is 1. The van der Waals surface area contributed by atoms with Crippen molar-refractivity contribution in [2.24, 2.45) is 0 Å². The molecule has 1 saturated carbocycles. The van der Waals surface area contributed by atoms with Crippen LogP contribution < -0.4 is 9.64 Å². The van der Waals surface area contributed by atoms with Crippen molar-refractivity contribution in [2.75, 3.05) is 4.90 Å². The van der Waals surface area contributed by atoms with E-state index in [0.29, 0.717) is 11.4 Å². The van der Waals surface area contributed by atoms with Crippen LogP contribution in [0.2, 0.25) is 0 Å². The molecule has 1 aromatic heterocycles. The van der Waals surface area contributed by atoms with Crippen molar-refractivity contribution in [1.82, 2.24) is 4.98 Å². The second-order valence-electron chi connectivity index (χ2n) is 8.40. The summed E-state index contributed by atoms with van der Waals surface area (Å²) in [4.78, 5) is 32.2. The molecule has 1 aliphatic carbocycles. The molecule has 4 rings (SSSR count). The third-order valence-corrected chi connectivity index (χ3v) is 6.89. The predicted octanol–water partition coefficient (Wildman–Crippen LogP) is 5.14. The number of nitrogens with zero attached hydrogens (tertiary/aromatic N) is 2. The number of hydrogen-bond acceptors (Lipinski definition) is 6. The molecule has 1 aliphatic heterocycles. The molecule has 0 spiro atoms. The lowest BCUT2D eigenvalue weighted by molar-refractivity contribution is -0.153. The van der Waals surface area contributed by atoms with Crippen molar-refractivity contribution in [3.05, 3.63) is 28.6 Å². The SMILES string of the molecule is CCCc1nc(-c2ccc3c(c2)N(C(C)C(=O)OC2CCCCC2)C(=O)C(C)O3)cs1. The van der Waals surface area contributed by atoms with Crippen LogP contribution in [0.15, 0.2) is 23.6 Å². The molecule has 2 aliphatic rings. The van der Waals surface area contributed by atoms with Gasteiger partial charge in [0.15, 0.2) is 6.10 Å². The lowest BCUT2D eigenvalue weighted by Crippen LogP contribution is -2.52. The average Bonchev–Trinajstić information content (AvgIpc) is 3.23. The van der Waals surface area contributed by atoms with Gasteiger partial charge in [-0.1, -0.05) is 13.3 Å². The highest BCUT2D eigenvalue weighted by molar-refractivity contribution is 7.09. The van der Waals surface area contributed by atoms with Gasteiger partial charge >= 0.3 is 5.97 Å². The number of anilines is 1. The van der Waals surface area contributed by atoms with Crippen LogP contribution in [-0.4, -0.2) is 35.1 Å². The molecule has 2 heterocycles. The van der Waals surface area contributed by atoms with Gasteiger partial charge in [-0.05, 0) is 70.6 Å². The smallest absolute Gasteiger partial charge is 0.329 e. The summed E-state index contributed by atoms with van der Waals surface area (Å²) in [6.07, 6.45) is 6.45. The van der Waals surface area contributed by atoms with Gasteiger partial charge < -0.3 is 9.47 Å². The monoisotopic (exact) mass is 442 g/mol. The first kappa shape index (κ1) is 21.8. The Morgan fingerprint density at radius 3 is 2.84 bits per heavy atom. The van der Waals surface area contributed by atoms with Gasteiger partial charge in [-0.25, -0.2) is 9.78 Å². The maximum absolute atomic E-state index is 13.0. The number of carbonyl (C=O) groups is 2. The summed E-state index contributed by atoms with van der Waals surface area (Å²) >= 11 is 1.64. The number of hydrogen-bond donors (Lipinski definition) is 0. The summed E-state index contributed by atoms with van der Waals surface area (Å²) in [5.74, 6) is 0.00413. The largest absolute Gasteiger partial charge is 0.479 e. The van der Waals surface area contributed by atoms with Gasteiger partial charge in [-0.2, -0.15) is 0 Å². The lowest BCUT2D eigenvalue weighted by atomic mass is 9.98. The van der Waals surface area contributed by atoms with Crippen LogP contribution in [0, 0.1) is 0 Å². The highest BCUT2D eigenvalue weighted by Crippen LogP contribution is 2.39. The predicted molar refractivity (Wildman–Crippen MR) is 122 cm³/mol. The minimum Gasteiger partial charge on any atom is -0.479 e. The van der Waals surface area contributed by atoms with E-state index in [1.807, 2.05) is 23.6 Å². The number of fused-ring (bicyclic) bond motifs is 1. The molecular formula is C24H30N2O4S. The standard InChI is InChI=1S/C24H30N2O4S/c1-4-8-22-25-19(14-31-22)17-11-12-21-20(13-17)26(23(27)16(3)29-21)15(2)24(28)30-18-9-6-5-7-10-18/h11-16,18H,4-10H2,1-3H3. The van der Waals surface area contributed by atoms with Gasteiger partial charge in [0, 0.05) is 10.9 Å². The minimum atomic E-state index is -0.721. The normalized spacial score (nSPS) is 20.2. The zero-order valence-corrected chi connectivity index (χ0v) is 19.2. The Hall–Kier alpha value is -2.41. The van der Waals surface area contributed by atoms with E-state index in [1.165, 1.54) is 11.3 Å². The number of aryl methyl sites for hydroxylation is 1. The number of esters is 1. The fraction of sp³-hybridized carbons (Fsp3) is 0.542. The molecule has 31 heavy (non-hydrogen) atoms. The highest BCUT2D eigenvalue weighted by atomic mass is 32.1. The Labute approximate surface area is 187 Å². The Morgan fingerprint density at radius 1 is 1.32 bits per heavy atom. The summed E-state index contributed by atoms with van der Waals surface area (Å²) in [6.45, 7) is 5.58. The number of benzene rings is 1. The minimum absolute atomic E-state index is 0.0462. The van der Waals surface area contributed by atoms with E-state index in [0.717, 1.165) is 54.8 Å². The topological polar surface area (TPSA) is 68.7 Å². The molecule has 2 unspecified atom stereocenters. The maximum atomic E-state index is 13.0. The van der Waals surface area contributed by atoms with E-state index < -0.39 is 12.1 Å². The van der Waals surface area contributed by atoms with Gasteiger partial charge in [-0.15, -0.1) is 11.3 Å². The van der Waals surface area contributed by atoms with Crippen LogP contribution >= 0.6 is 11.3 Å². The Morgan fingerprint density at radius 2 is 2.10 bits per heavy atom. The fourth-order valence-electron chi connectivity index (χ4n) is 4.24. The molecule has 166 valence electrons. The van der Waals surface area contributed by atoms with E-state index in [9.17, 15) is 9.59 Å². The summed E-state index contributed by atoms with van der Waals surface area (Å²) in [5.41, 5.74) is 2.37. The summed E-state index contributed by atoms with van der Waals surface area (Å²) in [6, 6.07) is 4.99. The van der Waals surface area contributed by atoms with Crippen LogP contribution in [0.3, 0.4) is 0 Å². The molecule has 2 atom stereocenters. The van der Waals surface area contributed by atoms with Crippen molar-refractivity contribution < 1.29 is 19.1 Å². The molecule has 0 bridgehead atoms. The molecule has 0 saturated heterocycles. The molecule has 0 N–H and O–H groups in total.